The van der Waals surface area contributed by atoms with Crippen LogP contribution in [0.5, 0.6) is 0 Å². The number of nitrogens with one attached hydrogen (secondary N) is 1. The first-order chi connectivity index (χ1) is 9.97. The van der Waals surface area contributed by atoms with E-state index < -0.39 is 5.91 Å². The second-order valence-electron chi connectivity index (χ2n) is 5.47. The van der Waals surface area contributed by atoms with Crippen LogP contribution in [0, 0.1) is 6.92 Å². The molecular formula is C16H22N4O. The van der Waals surface area contributed by atoms with Crippen molar-refractivity contribution in [3.63, 3.8) is 0 Å². The Morgan fingerprint density at radius 3 is 2.81 bits per heavy atom. The summed E-state index contributed by atoms with van der Waals surface area (Å²) in [4.78, 5) is 11.2. The maximum atomic E-state index is 11.2. The quantitative estimate of drug-likeness (QED) is 0.853. The van der Waals surface area contributed by atoms with Crippen molar-refractivity contribution in [1.82, 2.24) is 15.1 Å². The van der Waals surface area contributed by atoms with E-state index in [0.29, 0.717) is 12.1 Å². The first kappa shape index (κ1) is 15.3. The van der Waals surface area contributed by atoms with E-state index in [2.05, 4.69) is 24.3 Å². The fraction of sp³-hybridized carbons (Fsp3) is 0.375. The van der Waals surface area contributed by atoms with Gasteiger partial charge in [0, 0.05) is 24.3 Å². The summed E-state index contributed by atoms with van der Waals surface area (Å²) in [5.74, 6) is -0.398. The lowest BCUT2D eigenvalue weighted by Crippen LogP contribution is -2.33. The van der Waals surface area contributed by atoms with Gasteiger partial charge in [-0.25, -0.2) is 0 Å². The second-order valence-corrected chi connectivity index (χ2v) is 5.47. The van der Waals surface area contributed by atoms with Crippen LogP contribution >= 0.6 is 0 Å². The number of aromatic nitrogens is 2. The van der Waals surface area contributed by atoms with Gasteiger partial charge in [0.2, 0.25) is 5.91 Å². The Hall–Kier alpha value is -2.14. The first-order valence-electron chi connectivity index (χ1n) is 7.10. The predicted octanol–water partition coefficient (Wildman–Crippen LogP) is 2.03. The maximum Gasteiger partial charge on any atom is 0.248 e. The largest absolute Gasteiger partial charge is 0.366 e. The van der Waals surface area contributed by atoms with Gasteiger partial charge in [-0.3, -0.25) is 9.48 Å². The highest BCUT2D eigenvalue weighted by atomic mass is 16.1. The number of carbonyl (C=O) groups excluding carboxylic acids is 1. The minimum absolute atomic E-state index is 0.248. The molecule has 0 aliphatic carbocycles. The number of benzene rings is 1. The van der Waals surface area contributed by atoms with Gasteiger partial charge in [-0.15, -0.1) is 0 Å². The molecule has 0 radical (unpaired) electrons. The number of rotatable bonds is 6. The molecule has 1 aromatic carbocycles. The normalized spacial score (nSPS) is 13.9. The molecule has 1 heterocycles. The van der Waals surface area contributed by atoms with Crippen LogP contribution < -0.4 is 11.1 Å². The van der Waals surface area contributed by atoms with Gasteiger partial charge in [-0.1, -0.05) is 12.1 Å². The molecule has 0 fully saturated rings. The van der Waals surface area contributed by atoms with Crippen LogP contribution in [0.3, 0.4) is 0 Å². The molecule has 0 spiro atoms. The van der Waals surface area contributed by atoms with Crippen LogP contribution in [0.4, 0.5) is 0 Å². The van der Waals surface area contributed by atoms with Crippen LogP contribution in [-0.4, -0.2) is 21.7 Å². The van der Waals surface area contributed by atoms with E-state index in [-0.39, 0.29) is 12.1 Å². The maximum absolute atomic E-state index is 11.2. The molecule has 5 heteroatoms. The summed E-state index contributed by atoms with van der Waals surface area (Å²) in [7, 11) is 0. The number of aryl methyl sites for hydroxylation is 1. The van der Waals surface area contributed by atoms with E-state index >= 15 is 0 Å². The Morgan fingerprint density at radius 1 is 1.43 bits per heavy atom. The molecule has 2 rings (SSSR count). The molecule has 0 saturated carbocycles. The number of hydrogen-bond acceptors (Lipinski definition) is 3. The summed E-state index contributed by atoms with van der Waals surface area (Å²) in [5.41, 5.74) is 8.03. The molecule has 3 N–H and O–H groups in total. The summed E-state index contributed by atoms with van der Waals surface area (Å²) in [6.07, 6.45) is 3.90. The number of primary amides is 1. The molecule has 2 aromatic rings. The molecule has 0 aliphatic rings. The van der Waals surface area contributed by atoms with Crippen LogP contribution in [0.1, 0.15) is 41.4 Å². The summed E-state index contributed by atoms with van der Waals surface area (Å²) in [5, 5.41) is 7.80. The van der Waals surface area contributed by atoms with E-state index in [1.165, 1.54) is 0 Å². The van der Waals surface area contributed by atoms with Crippen LogP contribution in [0.25, 0.3) is 0 Å². The van der Waals surface area contributed by atoms with Gasteiger partial charge in [-0.2, -0.15) is 5.10 Å². The summed E-state index contributed by atoms with van der Waals surface area (Å²) >= 11 is 0. The molecule has 0 aliphatic heterocycles. The van der Waals surface area contributed by atoms with Crippen molar-refractivity contribution in [1.29, 1.82) is 0 Å². The number of carbonyl (C=O) groups is 1. The smallest absolute Gasteiger partial charge is 0.248 e. The van der Waals surface area contributed by atoms with Crippen molar-refractivity contribution in [2.75, 3.05) is 0 Å². The number of nitrogens with two attached hydrogens (primary N) is 1. The molecule has 1 aromatic heterocycles. The SMILES string of the molecule is Cc1cnn(C(C)C(C)NCc2cccc(C(N)=O)c2)c1. The van der Waals surface area contributed by atoms with E-state index in [1.54, 1.807) is 6.07 Å². The monoisotopic (exact) mass is 286 g/mol. The predicted molar refractivity (Wildman–Crippen MR) is 82.9 cm³/mol. The van der Waals surface area contributed by atoms with Gasteiger partial charge in [0.25, 0.3) is 0 Å². The minimum Gasteiger partial charge on any atom is -0.366 e. The highest BCUT2D eigenvalue weighted by molar-refractivity contribution is 5.92. The van der Waals surface area contributed by atoms with Gasteiger partial charge in [0.05, 0.1) is 12.2 Å². The Bertz CT molecular complexity index is 620. The summed E-state index contributed by atoms with van der Waals surface area (Å²) in [6, 6.07) is 7.88. The lowest BCUT2D eigenvalue weighted by Gasteiger charge is -2.22. The zero-order valence-electron chi connectivity index (χ0n) is 12.7. The molecule has 2 atom stereocenters. The van der Waals surface area contributed by atoms with Gasteiger partial charge in [-0.05, 0) is 44.0 Å². The summed E-state index contributed by atoms with van der Waals surface area (Å²) in [6.45, 7) is 6.97. The van der Waals surface area contributed by atoms with Crippen molar-refractivity contribution in [2.45, 2.75) is 39.4 Å². The zero-order chi connectivity index (χ0) is 15.4. The highest BCUT2D eigenvalue weighted by Crippen LogP contribution is 2.12. The van der Waals surface area contributed by atoms with Crippen molar-refractivity contribution < 1.29 is 4.79 Å². The average molecular weight is 286 g/mol. The Kier molecular flexibility index (Phi) is 4.75. The van der Waals surface area contributed by atoms with Gasteiger partial charge in [0.1, 0.15) is 0 Å². The molecule has 2 unspecified atom stereocenters. The molecule has 112 valence electrons. The van der Waals surface area contributed by atoms with E-state index in [4.69, 9.17) is 5.73 Å². The van der Waals surface area contributed by atoms with Gasteiger partial charge in [0.15, 0.2) is 0 Å². The molecular weight excluding hydrogens is 264 g/mol. The molecule has 1 amide bonds. The highest BCUT2D eigenvalue weighted by Gasteiger charge is 2.14. The number of amides is 1. The third-order valence-electron chi connectivity index (χ3n) is 3.71. The van der Waals surface area contributed by atoms with Crippen LogP contribution in [-0.2, 0) is 6.54 Å². The average Bonchev–Trinajstić information content (AvgIpc) is 2.90. The van der Waals surface area contributed by atoms with Crippen molar-refractivity contribution in [2.24, 2.45) is 5.73 Å². The zero-order valence-corrected chi connectivity index (χ0v) is 12.7. The fourth-order valence-corrected chi connectivity index (χ4v) is 2.17. The third kappa shape index (κ3) is 3.92. The fourth-order valence-electron chi connectivity index (χ4n) is 2.17. The first-order valence-corrected chi connectivity index (χ1v) is 7.10. The minimum atomic E-state index is -0.398. The van der Waals surface area contributed by atoms with Gasteiger partial charge < -0.3 is 11.1 Å². The van der Waals surface area contributed by atoms with Crippen molar-refractivity contribution >= 4 is 5.91 Å². The van der Waals surface area contributed by atoms with Crippen LogP contribution in [0.2, 0.25) is 0 Å². The van der Waals surface area contributed by atoms with E-state index in [9.17, 15) is 4.79 Å². The van der Waals surface area contributed by atoms with Crippen molar-refractivity contribution in [3.05, 3.63) is 53.3 Å². The second kappa shape index (κ2) is 6.54. The van der Waals surface area contributed by atoms with E-state index in [1.807, 2.05) is 42.2 Å². The molecule has 0 bridgehead atoms. The standard InChI is InChI=1S/C16H22N4O/c1-11-8-19-20(10-11)13(3)12(2)18-9-14-5-4-6-15(7-14)16(17)21/h4-8,10,12-13,18H,9H2,1-3H3,(H2,17,21). The Labute approximate surface area is 125 Å². The lowest BCUT2D eigenvalue weighted by molar-refractivity contribution is 0.1000. The van der Waals surface area contributed by atoms with Gasteiger partial charge >= 0.3 is 0 Å². The summed E-state index contributed by atoms with van der Waals surface area (Å²) < 4.78 is 1.97. The van der Waals surface area contributed by atoms with Crippen molar-refractivity contribution in [3.8, 4) is 0 Å². The lowest BCUT2D eigenvalue weighted by atomic mass is 10.1. The third-order valence-corrected chi connectivity index (χ3v) is 3.71. The number of nitrogens with zero attached hydrogens (tertiary/aromatic N) is 2. The number of hydrogen-bond donors (Lipinski definition) is 2. The molecule has 21 heavy (non-hydrogen) atoms. The Morgan fingerprint density at radius 2 is 2.19 bits per heavy atom. The topological polar surface area (TPSA) is 72.9 Å². The molecule has 5 nitrogen and oxygen atoms in total. The van der Waals surface area contributed by atoms with Crippen LogP contribution in [0.15, 0.2) is 36.7 Å². The van der Waals surface area contributed by atoms with E-state index in [0.717, 1.165) is 11.1 Å². The Balaban J connectivity index is 1.96. The molecule has 0 saturated heterocycles.